The maximum atomic E-state index is 13.7. The number of carbonyl (C=O) groups is 1. The molecule has 5 aliphatic rings. The molecule has 0 aromatic heterocycles. The maximum Gasteiger partial charge on any atom is 0.187 e. The third kappa shape index (κ3) is 5.62. The number of ether oxygens (including phenoxy) is 3. The molecule has 5 rings (SSSR count). The van der Waals surface area contributed by atoms with Gasteiger partial charge in [0.2, 0.25) is 0 Å². The molecule has 0 bridgehead atoms. The van der Waals surface area contributed by atoms with Gasteiger partial charge in [-0.15, -0.1) is 0 Å². The number of aliphatic hydroxyl groups is 4. The summed E-state index contributed by atoms with van der Waals surface area (Å²) in [6.07, 6.45) is 8.43. The number of aldehydes is 1. The highest BCUT2D eigenvalue weighted by Crippen LogP contribution is 2.75. The molecule has 0 aromatic carbocycles. The van der Waals surface area contributed by atoms with E-state index in [1.54, 1.807) is 7.11 Å². The zero-order chi connectivity index (χ0) is 33.2. The Labute approximate surface area is 270 Å². The molecule has 4 fully saturated rings. The molecule has 8 heteroatoms. The molecular formula is C37H60O8. The van der Waals surface area contributed by atoms with Gasteiger partial charge in [0.15, 0.2) is 6.29 Å². The summed E-state index contributed by atoms with van der Waals surface area (Å²) in [6, 6.07) is 0. The van der Waals surface area contributed by atoms with Gasteiger partial charge in [0.05, 0.1) is 18.3 Å². The second kappa shape index (κ2) is 12.4. The molecule has 0 unspecified atom stereocenters. The molecule has 4 N–H and O–H groups in total. The molecule has 0 spiro atoms. The van der Waals surface area contributed by atoms with Crippen LogP contribution >= 0.6 is 0 Å². The quantitative estimate of drug-likeness (QED) is 0.208. The van der Waals surface area contributed by atoms with Gasteiger partial charge in [-0.1, -0.05) is 64.8 Å². The first-order valence-corrected chi connectivity index (χ1v) is 17.4. The largest absolute Gasteiger partial charge is 0.394 e. The van der Waals surface area contributed by atoms with Crippen molar-refractivity contribution in [3.63, 3.8) is 0 Å². The molecule has 4 aliphatic carbocycles. The van der Waals surface area contributed by atoms with Crippen LogP contribution in [0.2, 0.25) is 0 Å². The van der Waals surface area contributed by atoms with E-state index in [1.807, 2.05) is 0 Å². The number of fused-ring (bicyclic) bond motifs is 5. The molecule has 0 amide bonds. The van der Waals surface area contributed by atoms with Crippen LogP contribution in [0.15, 0.2) is 23.8 Å². The predicted octanol–water partition coefficient (Wildman–Crippen LogP) is 4.96. The monoisotopic (exact) mass is 632 g/mol. The average Bonchev–Trinajstić information content (AvgIpc) is 3.27. The second-order valence-corrected chi connectivity index (χ2v) is 16.9. The van der Waals surface area contributed by atoms with Crippen molar-refractivity contribution < 1.29 is 39.4 Å². The van der Waals surface area contributed by atoms with Gasteiger partial charge in [-0.05, 0) is 92.8 Å². The van der Waals surface area contributed by atoms with Gasteiger partial charge in [0.1, 0.15) is 30.7 Å². The lowest BCUT2D eigenvalue weighted by Gasteiger charge is -2.66. The Morgan fingerprint density at radius 3 is 2.38 bits per heavy atom. The van der Waals surface area contributed by atoms with Gasteiger partial charge < -0.3 is 39.4 Å². The molecule has 1 heterocycles. The Hall–Kier alpha value is -1.13. The zero-order valence-corrected chi connectivity index (χ0v) is 28.9. The molecule has 1 aliphatic heterocycles. The minimum absolute atomic E-state index is 0.0409. The average molecular weight is 633 g/mol. The van der Waals surface area contributed by atoms with Gasteiger partial charge in [-0.3, -0.25) is 0 Å². The first-order chi connectivity index (χ1) is 21.0. The predicted molar refractivity (Wildman–Crippen MR) is 172 cm³/mol. The molecular weight excluding hydrogens is 572 g/mol. The standard InChI is InChI=1S/C37H60O8/c1-22(11-9-15-34(4,5)43-8)23-13-16-36(7)31-26(44-32-30(42)29(41)28(40)27(20-38)45-32)19-25-24(12-10-14-33(25,2)3)37(31,21-39)18-17-35(23,36)6/h9,15,19,21-24,26-32,38,40-42H,10-14,16-18,20H2,1-8H3/b15-9+/t22-,23-,24+,26+,27-,28+,29+,30-,31+,32-,35-,36+,37-/m1/s1. The van der Waals surface area contributed by atoms with Crippen molar-refractivity contribution in [3.05, 3.63) is 23.8 Å². The van der Waals surface area contributed by atoms with Crippen molar-refractivity contribution in [2.45, 2.75) is 142 Å². The SMILES string of the molecule is COC(C)(C)/C=C/C[C@@H](C)[C@H]1CC[C@@]2(C)[C@@H]3[C@@H](O[C@@H]4O[C@H](CO)[C@H](O)[C@H](O)[C@H]4O)C=C4[C@H](CCCC4(C)C)[C@]3(C=O)CC[C@]12C. The van der Waals surface area contributed by atoms with Crippen LogP contribution in [0.25, 0.3) is 0 Å². The van der Waals surface area contributed by atoms with Crippen LogP contribution in [-0.2, 0) is 19.0 Å². The summed E-state index contributed by atoms with van der Waals surface area (Å²) in [5.41, 5.74) is -0.0407. The molecule has 256 valence electrons. The number of hydrogen-bond donors (Lipinski definition) is 4. The highest BCUT2D eigenvalue weighted by Gasteiger charge is 2.71. The van der Waals surface area contributed by atoms with Crippen LogP contribution in [0.1, 0.15) is 99.8 Å². The normalized spacial score (nSPS) is 47.0. The van der Waals surface area contributed by atoms with Crippen molar-refractivity contribution in [2.75, 3.05) is 13.7 Å². The van der Waals surface area contributed by atoms with E-state index in [0.29, 0.717) is 11.8 Å². The van der Waals surface area contributed by atoms with E-state index < -0.39 is 48.8 Å². The Balaban J connectivity index is 1.55. The fourth-order valence-electron chi connectivity index (χ4n) is 10.8. The Morgan fingerprint density at radius 2 is 1.73 bits per heavy atom. The minimum Gasteiger partial charge on any atom is -0.394 e. The Kier molecular flexibility index (Phi) is 9.69. The third-order valence-corrected chi connectivity index (χ3v) is 13.8. The second-order valence-electron chi connectivity index (χ2n) is 16.9. The molecule has 0 radical (unpaired) electrons. The number of allylic oxidation sites excluding steroid dienone is 2. The van der Waals surface area contributed by atoms with Gasteiger partial charge in [-0.25, -0.2) is 0 Å². The smallest absolute Gasteiger partial charge is 0.187 e. The highest BCUT2D eigenvalue weighted by molar-refractivity contribution is 5.65. The third-order valence-electron chi connectivity index (χ3n) is 13.8. The molecule has 45 heavy (non-hydrogen) atoms. The number of carbonyl (C=O) groups excluding carboxylic acids is 1. The van der Waals surface area contributed by atoms with Crippen LogP contribution in [0, 0.1) is 45.3 Å². The lowest BCUT2D eigenvalue weighted by Crippen LogP contribution is -2.65. The van der Waals surface area contributed by atoms with Crippen LogP contribution < -0.4 is 0 Å². The van der Waals surface area contributed by atoms with E-state index in [9.17, 15) is 25.2 Å². The van der Waals surface area contributed by atoms with Crippen molar-refractivity contribution in [1.82, 2.24) is 0 Å². The summed E-state index contributed by atoms with van der Waals surface area (Å²) in [5, 5.41) is 42.0. The fraction of sp³-hybridized carbons (Fsp3) is 0.865. The highest BCUT2D eigenvalue weighted by atomic mass is 16.7. The topological polar surface area (TPSA) is 126 Å². The van der Waals surface area contributed by atoms with Crippen molar-refractivity contribution in [2.24, 2.45) is 45.3 Å². The van der Waals surface area contributed by atoms with E-state index >= 15 is 0 Å². The first kappa shape index (κ1) is 35.2. The van der Waals surface area contributed by atoms with E-state index in [4.69, 9.17) is 14.2 Å². The van der Waals surface area contributed by atoms with Gasteiger partial charge >= 0.3 is 0 Å². The van der Waals surface area contributed by atoms with Crippen molar-refractivity contribution >= 4 is 6.29 Å². The van der Waals surface area contributed by atoms with Gasteiger partial charge in [-0.2, -0.15) is 0 Å². The van der Waals surface area contributed by atoms with Gasteiger partial charge in [0.25, 0.3) is 0 Å². The summed E-state index contributed by atoms with van der Waals surface area (Å²) in [5.74, 6) is 0.882. The van der Waals surface area contributed by atoms with E-state index in [2.05, 4.69) is 66.7 Å². The van der Waals surface area contributed by atoms with E-state index in [-0.39, 0.29) is 33.7 Å². The van der Waals surface area contributed by atoms with Crippen molar-refractivity contribution in [3.8, 4) is 0 Å². The zero-order valence-electron chi connectivity index (χ0n) is 28.9. The number of rotatable bonds is 9. The van der Waals surface area contributed by atoms with Crippen LogP contribution in [-0.4, -0.2) is 82.8 Å². The van der Waals surface area contributed by atoms with E-state index in [1.165, 1.54) is 11.9 Å². The summed E-state index contributed by atoms with van der Waals surface area (Å²) in [4.78, 5) is 13.7. The lowest BCUT2D eigenvalue weighted by atomic mass is 9.38. The van der Waals surface area contributed by atoms with Crippen LogP contribution in [0.4, 0.5) is 0 Å². The van der Waals surface area contributed by atoms with Crippen molar-refractivity contribution in [1.29, 1.82) is 0 Å². The summed E-state index contributed by atoms with van der Waals surface area (Å²) in [6.45, 7) is 15.3. The van der Waals surface area contributed by atoms with Gasteiger partial charge in [0, 0.05) is 18.4 Å². The van der Waals surface area contributed by atoms with E-state index in [0.717, 1.165) is 51.4 Å². The summed E-state index contributed by atoms with van der Waals surface area (Å²) < 4.78 is 18.3. The van der Waals surface area contributed by atoms with Crippen LogP contribution in [0.3, 0.4) is 0 Å². The molecule has 1 saturated heterocycles. The summed E-state index contributed by atoms with van der Waals surface area (Å²) in [7, 11) is 1.73. The lowest BCUT2D eigenvalue weighted by molar-refractivity contribution is -0.321. The molecule has 8 nitrogen and oxygen atoms in total. The number of methoxy groups -OCH3 is 1. The minimum atomic E-state index is -1.52. The number of hydrogen-bond acceptors (Lipinski definition) is 8. The van der Waals surface area contributed by atoms with Crippen LogP contribution in [0.5, 0.6) is 0 Å². The summed E-state index contributed by atoms with van der Waals surface area (Å²) >= 11 is 0. The first-order valence-electron chi connectivity index (χ1n) is 17.4. The maximum absolute atomic E-state index is 13.7. The Morgan fingerprint density at radius 1 is 1.02 bits per heavy atom. The molecule has 13 atom stereocenters. The Bertz CT molecular complexity index is 1150. The fourth-order valence-corrected chi connectivity index (χ4v) is 10.8. The molecule has 0 aromatic rings. The molecule has 3 saturated carbocycles. The number of aliphatic hydroxyl groups excluding tert-OH is 4.